The highest BCUT2D eigenvalue weighted by Gasteiger charge is 2.34. The van der Waals surface area contributed by atoms with Crippen LogP contribution in [0.2, 0.25) is 0 Å². The van der Waals surface area contributed by atoms with Gasteiger partial charge in [0.05, 0.1) is 0 Å². The monoisotopic (exact) mass is 215 g/mol. The summed E-state index contributed by atoms with van der Waals surface area (Å²) in [7, 11) is 0. The van der Waals surface area contributed by atoms with Crippen molar-refractivity contribution in [2.24, 2.45) is 5.41 Å². The Labute approximate surface area is 90.9 Å². The van der Waals surface area contributed by atoms with Crippen LogP contribution in [0.25, 0.3) is 0 Å². The molecule has 0 aromatic rings. The number of carboxylic acids is 1. The molecule has 0 radical (unpaired) electrons. The van der Waals surface area contributed by atoms with Gasteiger partial charge in [0, 0.05) is 6.54 Å². The third-order valence-corrected chi connectivity index (χ3v) is 3.20. The van der Waals surface area contributed by atoms with E-state index in [1.807, 2.05) is 4.90 Å². The number of aliphatic carboxylic acids is 1. The minimum absolute atomic E-state index is 0.221. The molecule has 1 rings (SSSR count). The van der Waals surface area contributed by atoms with Gasteiger partial charge >= 0.3 is 5.97 Å². The van der Waals surface area contributed by atoms with Crippen molar-refractivity contribution in [3.63, 3.8) is 0 Å². The maximum atomic E-state index is 10.7. The van der Waals surface area contributed by atoms with Crippen molar-refractivity contribution in [2.75, 3.05) is 19.6 Å². The molecule has 0 saturated carbocycles. The first-order chi connectivity index (χ1) is 6.73. The van der Waals surface area contributed by atoms with Gasteiger partial charge in [-0.25, -0.2) is 4.79 Å². The summed E-state index contributed by atoms with van der Waals surface area (Å²) in [4.78, 5) is 12.8. The summed E-state index contributed by atoms with van der Waals surface area (Å²) in [5.74, 6) is -1.15. The fourth-order valence-electron chi connectivity index (χ4n) is 1.82. The quantitative estimate of drug-likeness (QED) is 0.735. The van der Waals surface area contributed by atoms with Gasteiger partial charge in [-0.1, -0.05) is 13.8 Å². The maximum Gasteiger partial charge on any atom is 0.336 e. The third kappa shape index (κ3) is 3.47. The Morgan fingerprint density at radius 2 is 1.87 bits per heavy atom. The van der Waals surface area contributed by atoms with E-state index < -0.39 is 11.6 Å². The lowest BCUT2D eigenvalue weighted by molar-refractivity contribution is -0.158. The number of piperidine rings is 1. The van der Waals surface area contributed by atoms with Crippen molar-refractivity contribution >= 4 is 5.97 Å². The normalized spacial score (nSPS) is 25.9. The molecule has 4 nitrogen and oxygen atoms in total. The molecule has 15 heavy (non-hydrogen) atoms. The molecule has 1 saturated heterocycles. The van der Waals surface area contributed by atoms with Crippen LogP contribution in [0.4, 0.5) is 0 Å². The van der Waals surface area contributed by atoms with Crippen molar-refractivity contribution in [2.45, 2.75) is 39.2 Å². The van der Waals surface area contributed by atoms with Crippen LogP contribution in [-0.4, -0.2) is 46.3 Å². The van der Waals surface area contributed by atoms with Gasteiger partial charge in [-0.2, -0.15) is 0 Å². The van der Waals surface area contributed by atoms with Crippen LogP contribution in [0.5, 0.6) is 0 Å². The van der Waals surface area contributed by atoms with Gasteiger partial charge in [0.25, 0.3) is 0 Å². The van der Waals surface area contributed by atoms with Crippen LogP contribution in [0, 0.1) is 5.41 Å². The topological polar surface area (TPSA) is 60.8 Å². The Balaban J connectivity index is 2.46. The summed E-state index contributed by atoms with van der Waals surface area (Å²) < 4.78 is 0. The average molecular weight is 215 g/mol. The standard InChI is InChI=1S/C11H21NO3/c1-10(2)4-6-12(7-5-10)8-11(3,15)9(13)14/h15H,4-8H2,1-3H3,(H,13,14). The average Bonchev–Trinajstić information content (AvgIpc) is 2.08. The summed E-state index contributed by atoms with van der Waals surface area (Å²) in [6.45, 7) is 7.76. The molecule has 0 spiro atoms. The molecular weight excluding hydrogens is 194 g/mol. The molecule has 1 aliphatic rings. The Kier molecular flexibility index (Phi) is 3.41. The number of hydrogen-bond donors (Lipinski definition) is 2. The zero-order valence-electron chi connectivity index (χ0n) is 9.79. The number of likely N-dealkylation sites (tertiary alicyclic amines) is 1. The first-order valence-corrected chi connectivity index (χ1v) is 5.41. The molecule has 0 amide bonds. The van der Waals surface area contributed by atoms with E-state index in [1.165, 1.54) is 6.92 Å². The van der Waals surface area contributed by atoms with Gasteiger partial charge in [0.15, 0.2) is 5.60 Å². The number of carboxylic acid groups (broad SMARTS) is 1. The summed E-state index contributed by atoms with van der Waals surface area (Å²) in [5.41, 5.74) is -1.27. The summed E-state index contributed by atoms with van der Waals surface area (Å²) in [6, 6.07) is 0. The van der Waals surface area contributed by atoms with Crippen LogP contribution in [-0.2, 0) is 4.79 Å². The SMILES string of the molecule is CC1(C)CCN(CC(C)(O)C(=O)O)CC1. The Hall–Kier alpha value is -0.610. The number of carbonyl (C=O) groups is 1. The lowest BCUT2D eigenvalue weighted by atomic mass is 9.82. The molecule has 1 fully saturated rings. The number of hydrogen-bond acceptors (Lipinski definition) is 3. The van der Waals surface area contributed by atoms with E-state index in [2.05, 4.69) is 13.8 Å². The number of rotatable bonds is 3. The second-order valence-electron chi connectivity index (χ2n) is 5.52. The van der Waals surface area contributed by atoms with Crippen LogP contribution in [0.3, 0.4) is 0 Å². The molecule has 0 aromatic heterocycles. The predicted molar refractivity (Wildman–Crippen MR) is 57.7 cm³/mol. The number of nitrogens with zero attached hydrogens (tertiary/aromatic N) is 1. The molecule has 1 aliphatic heterocycles. The van der Waals surface area contributed by atoms with Crippen molar-refractivity contribution in [1.29, 1.82) is 0 Å². The van der Waals surface area contributed by atoms with E-state index in [0.717, 1.165) is 25.9 Å². The molecular formula is C11H21NO3. The highest BCUT2D eigenvalue weighted by atomic mass is 16.4. The van der Waals surface area contributed by atoms with Gasteiger partial charge in [0.1, 0.15) is 0 Å². The number of β-amino-alcohol motifs (C(OH)–C–C–N with tert-alkyl or cyclic N) is 1. The molecule has 1 unspecified atom stereocenters. The Morgan fingerprint density at radius 1 is 1.40 bits per heavy atom. The summed E-state index contributed by atoms with van der Waals surface area (Å²) in [6.07, 6.45) is 2.12. The van der Waals surface area contributed by atoms with E-state index in [0.29, 0.717) is 5.41 Å². The molecule has 1 heterocycles. The van der Waals surface area contributed by atoms with Crippen molar-refractivity contribution < 1.29 is 15.0 Å². The van der Waals surface area contributed by atoms with E-state index >= 15 is 0 Å². The predicted octanol–water partition coefficient (Wildman–Crippen LogP) is 0.944. The molecule has 0 aromatic carbocycles. The van der Waals surface area contributed by atoms with Gasteiger partial charge < -0.3 is 10.2 Å². The second-order valence-corrected chi connectivity index (χ2v) is 5.52. The van der Waals surface area contributed by atoms with E-state index in [4.69, 9.17) is 5.11 Å². The molecule has 4 heteroatoms. The van der Waals surface area contributed by atoms with Crippen LogP contribution < -0.4 is 0 Å². The van der Waals surface area contributed by atoms with Gasteiger partial charge in [-0.15, -0.1) is 0 Å². The minimum Gasteiger partial charge on any atom is -0.479 e. The fourth-order valence-corrected chi connectivity index (χ4v) is 1.82. The highest BCUT2D eigenvalue weighted by Crippen LogP contribution is 2.30. The van der Waals surface area contributed by atoms with E-state index in [1.54, 1.807) is 0 Å². The van der Waals surface area contributed by atoms with Crippen LogP contribution in [0.1, 0.15) is 33.6 Å². The van der Waals surface area contributed by atoms with Crippen molar-refractivity contribution in [3.05, 3.63) is 0 Å². The lowest BCUT2D eigenvalue weighted by Gasteiger charge is -2.38. The third-order valence-electron chi connectivity index (χ3n) is 3.20. The number of aliphatic hydroxyl groups is 1. The van der Waals surface area contributed by atoms with Crippen molar-refractivity contribution in [1.82, 2.24) is 4.90 Å². The smallest absolute Gasteiger partial charge is 0.336 e. The van der Waals surface area contributed by atoms with Gasteiger partial charge in [-0.05, 0) is 38.3 Å². The second kappa shape index (κ2) is 4.10. The molecule has 2 N–H and O–H groups in total. The maximum absolute atomic E-state index is 10.7. The van der Waals surface area contributed by atoms with E-state index in [-0.39, 0.29) is 6.54 Å². The zero-order chi connectivity index (χ0) is 11.7. The molecule has 1 atom stereocenters. The van der Waals surface area contributed by atoms with Gasteiger partial charge in [0.2, 0.25) is 0 Å². The molecule has 0 bridgehead atoms. The minimum atomic E-state index is -1.62. The molecule has 88 valence electrons. The zero-order valence-corrected chi connectivity index (χ0v) is 9.79. The van der Waals surface area contributed by atoms with Gasteiger partial charge in [-0.3, -0.25) is 4.90 Å². The first-order valence-electron chi connectivity index (χ1n) is 5.41. The highest BCUT2D eigenvalue weighted by molar-refractivity contribution is 5.76. The fraction of sp³-hybridized carbons (Fsp3) is 0.909. The lowest BCUT2D eigenvalue weighted by Crippen LogP contribution is -2.49. The van der Waals surface area contributed by atoms with Crippen molar-refractivity contribution in [3.8, 4) is 0 Å². The first kappa shape index (κ1) is 12.5. The van der Waals surface area contributed by atoms with Crippen LogP contribution in [0.15, 0.2) is 0 Å². The van der Waals surface area contributed by atoms with Crippen LogP contribution >= 0.6 is 0 Å². The van der Waals surface area contributed by atoms with E-state index in [9.17, 15) is 9.90 Å². The Morgan fingerprint density at radius 3 is 2.27 bits per heavy atom. The largest absolute Gasteiger partial charge is 0.479 e. The summed E-state index contributed by atoms with van der Waals surface area (Å²) in [5, 5.41) is 18.4. The Bertz CT molecular complexity index is 238. The summed E-state index contributed by atoms with van der Waals surface area (Å²) >= 11 is 0. The molecule has 0 aliphatic carbocycles.